The standard InChI is InChI=1S/C11H21BO/c12-8-11(6-1-2-7-11)9-4-3-5-10(9)13/h9-10,13H,1-8,12H2. The van der Waals surface area contributed by atoms with Gasteiger partial charge in [0.05, 0.1) is 6.10 Å². The van der Waals surface area contributed by atoms with Crippen molar-refractivity contribution < 1.29 is 5.11 Å². The van der Waals surface area contributed by atoms with Crippen LogP contribution in [0.15, 0.2) is 0 Å². The van der Waals surface area contributed by atoms with E-state index in [-0.39, 0.29) is 6.10 Å². The highest BCUT2D eigenvalue weighted by atomic mass is 16.3. The molecule has 0 bridgehead atoms. The van der Waals surface area contributed by atoms with E-state index < -0.39 is 0 Å². The third-order valence-electron chi connectivity index (χ3n) is 4.57. The minimum atomic E-state index is 0.0260. The Morgan fingerprint density at radius 1 is 1.15 bits per heavy atom. The van der Waals surface area contributed by atoms with Gasteiger partial charge in [-0.1, -0.05) is 25.6 Å². The normalized spacial score (nSPS) is 38.2. The van der Waals surface area contributed by atoms with E-state index in [2.05, 4.69) is 7.85 Å². The van der Waals surface area contributed by atoms with Gasteiger partial charge in [-0.2, -0.15) is 0 Å². The first kappa shape index (κ1) is 9.58. The maximum Gasteiger partial charge on any atom is 0.102 e. The van der Waals surface area contributed by atoms with Gasteiger partial charge >= 0.3 is 0 Å². The summed E-state index contributed by atoms with van der Waals surface area (Å²) in [5.41, 5.74) is 0.538. The van der Waals surface area contributed by atoms with Crippen LogP contribution in [0.5, 0.6) is 0 Å². The lowest BCUT2D eigenvalue weighted by Gasteiger charge is -2.36. The van der Waals surface area contributed by atoms with Crippen molar-refractivity contribution in [1.29, 1.82) is 0 Å². The van der Waals surface area contributed by atoms with Gasteiger partial charge < -0.3 is 5.11 Å². The summed E-state index contributed by atoms with van der Waals surface area (Å²) in [6.07, 6.45) is 10.5. The fourth-order valence-corrected chi connectivity index (χ4v) is 3.72. The third kappa shape index (κ3) is 1.54. The zero-order chi connectivity index (χ0) is 9.31. The van der Waals surface area contributed by atoms with E-state index >= 15 is 0 Å². The monoisotopic (exact) mass is 180 g/mol. The molecule has 74 valence electrons. The van der Waals surface area contributed by atoms with Gasteiger partial charge in [0.25, 0.3) is 0 Å². The van der Waals surface area contributed by atoms with Gasteiger partial charge in [-0.3, -0.25) is 0 Å². The first-order valence-corrected chi connectivity index (χ1v) is 5.96. The highest BCUT2D eigenvalue weighted by Crippen LogP contribution is 2.52. The van der Waals surface area contributed by atoms with Crippen molar-refractivity contribution in [2.75, 3.05) is 0 Å². The van der Waals surface area contributed by atoms with Crippen LogP contribution in [0.3, 0.4) is 0 Å². The molecule has 2 unspecified atom stereocenters. The average Bonchev–Trinajstić information content (AvgIpc) is 2.73. The molecule has 2 atom stereocenters. The Balaban J connectivity index is 2.10. The zero-order valence-corrected chi connectivity index (χ0v) is 8.76. The van der Waals surface area contributed by atoms with Crippen LogP contribution < -0.4 is 0 Å². The van der Waals surface area contributed by atoms with Crippen molar-refractivity contribution in [3.8, 4) is 0 Å². The molecule has 1 nitrogen and oxygen atoms in total. The van der Waals surface area contributed by atoms with E-state index in [1.807, 2.05) is 0 Å². The van der Waals surface area contributed by atoms with Gasteiger partial charge in [0.1, 0.15) is 7.85 Å². The Hall–Kier alpha value is 0.0249. The summed E-state index contributed by atoms with van der Waals surface area (Å²) in [5.74, 6) is 0.639. The van der Waals surface area contributed by atoms with Crippen molar-refractivity contribution in [2.45, 2.75) is 57.4 Å². The highest BCUT2D eigenvalue weighted by molar-refractivity contribution is 6.09. The second-order valence-electron chi connectivity index (χ2n) is 5.03. The fourth-order valence-electron chi connectivity index (χ4n) is 3.72. The molecule has 0 aliphatic heterocycles. The Labute approximate surface area is 82.3 Å². The topological polar surface area (TPSA) is 20.2 Å². The van der Waals surface area contributed by atoms with Gasteiger partial charge in [0, 0.05) is 0 Å². The molecule has 0 radical (unpaired) electrons. The molecular weight excluding hydrogens is 159 g/mol. The van der Waals surface area contributed by atoms with E-state index in [9.17, 15) is 5.11 Å². The van der Waals surface area contributed by atoms with Gasteiger partial charge in [0.15, 0.2) is 0 Å². The molecule has 0 aromatic heterocycles. The molecule has 0 aromatic rings. The maximum absolute atomic E-state index is 9.95. The summed E-state index contributed by atoms with van der Waals surface area (Å²) >= 11 is 0. The number of aliphatic hydroxyl groups excluding tert-OH is 1. The predicted octanol–water partition coefficient (Wildman–Crippen LogP) is 1.76. The molecule has 1 N–H and O–H groups in total. The molecular formula is C11H21BO. The largest absolute Gasteiger partial charge is 0.393 e. The molecule has 0 saturated heterocycles. The molecule has 2 aliphatic rings. The van der Waals surface area contributed by atoms with Crippen LogP contribution in [0.25, 0.3) is 0 Å². The van der Waals surface area contributed by atoms with E-state index in [1.54, 1.807) is 0 Å². The Bertz CT molecular complexity index is 175. The zero-order valence-electron chi connectivity index (χ0n) is 8.76. The lowest BCUT2D eigenvalue weighted by Crippen LogP contribution is -2.32. The lowest BCUT2D eigenvalue weighted by molar-refractivity contribution is 0.0524. The van der Waals surface area contributed by atoms with Gasteiger partial charge in [-0.05, 0) is 37.0 Å². The molecule has 2 heteroatoms. The van der Waals surface area contributed by atoms with Gasteiger partial charge in [0.2, 0.25) is 0 Å². The maximum atomic E-state index is 9.95. The quantitative estimate of drug-likeness (QED) is 0.642. The highest BCUT2D eigenvalue weighted by Gasteiger charge is 2.44. The summed E-state index contributed by atoms with van der Waals surface area (Å²) in [7, 11) is 2.32. The molecule has 0 heterocycles. The Kier molecular flexibility index (Phi) is 2.68. The summed E-state index contributed by atoms with van der Waals surface area (Å²) in [6.45, 7) is 0. The van der Waals surface area contributed by atoms with Crippen LogP contribution in [0.4, 0.5) is 0 Å². The first-order chi connectivity index (χ1) is 6.28. The summed E-state index contributed by atoms with van der Waals surface area (Å²) in [6, 6.07) is 0. The van der Waals surface area contributed by atoms with Crippen molar-refractivity contribution in [3.63, 3.8) is 0 Å². The Morgan fingerprint density at radius 2 is 1.85 bits per heavy atom. The van der Waals surface area contributed by atoms with Crippen LogP contribution in [-0.2, 0) is 0 Å². The summed E-state index contributed by atoms with van der Waals surface area (Å²) in [4.78, 5) is 0. The van der Waals surface area contributed by atoms with Gasteiger partial charge in [-0.15, -0.1) is 0 Å². The second kappa shape index (κ2) is 3.64. The molecule has 2 aliphatic carbocycles. The number of hydrogen-bond acceptors (Lipinski definition) is 1. The molecule has 0 amide bonds. The van der Waals surface area contributed by atoms with Crippen LogP contribution in [0.2, 0.25) is 6.32 Å². The molecule has 0 spiro atoms. The van der Waals surface area contributed by atoms with Gasteiger partial charge in [-0.25, -0.2) is 0 Å². The molecule has 13 heavy (non-hydrogen) atoms. The van der Waals surface area contributed by atoms with Crippen molar-refractivity contribution in [2.24, 2.45) is 11.3 Å². The molecule has 0 aromatic carbocycles. The summed E-state index contributed by atoms with van der Waals surface area (Å²) < 4.78 is 0. The number of hydrogen-bond donors (Lipinski definition) is 1. The smallest absolute Gasteiger partial charge is 0.102 e. The SMILES string of the molecule is BCC1(C2CCCC2O)CCCC1. The van der Waals surface area contributed by atoms with Crippen LogP contribution >= 0.6 is 0 Å². The minimum absolute atomic E-state index is 0.0260. The first-order valence-electron chi connectivity index (χ1n) is 5.96. The van der Waals surface area contributed by atoms with Crippen molar-refractivity contribution in [1.82, 2.24) is 0 Å². The van der Waals surface area contributed by atoms with E-state index in [0.29, 0.717) is 11.3 Å². The number of aliphatic hydroxyl groups is 1. The van der Waals surface area contributed by atoms with Crippen molar-refractivity contribution >= 4 is 7.85 Å². The van der Waals surface area contributed by atoms with Crippen LogP contribution in [0.1, 0.15) is 44.9 Å². The molecule has 2 saturated carbocycles. The van der Waals surface area contributed by atoms with Crippen LogP contribution in [-0.4, -0.2) is 19.1 Å². The second-order valence-corrected chi connectivity index (χ2v) is 5.03. The van der Waals surface area contributed by atoms with E-state index in [4.69, 9.17) is 0 Å². The molecule has 2 rings (SSSR count). The lowest BCUT2D eigenvalue weighted by atomic mass is 9.65. The third-order valence-corrected chi connectivity index (χ3v) is 4.57. The van der Waals surface area contributed by atoms with Crippen molar-refractivity contribution in [3.05, 3.63) is 0 Å². The Morgan fingerprint density at radius 3 is 2.31 bits per heavy atom. The predicted molar refractivity (Wildman–Crippen MR) is 57.6 cm³/mol. The fraction of sp³-hybridized carbons (Fsp3) is 1.00. The summed E-state index contributed by atoms with van der Waals surface area (Å²) in [5, 5.41) is 9.95. The average molecular weight is 180 g/mol. The minimum Gasteiger partial charge on any atom is -0.393 e. The van der Waals surface area contributed by atoms with E-state index in [0.717, 1.165) is 6.42 Å². The number of rotatable bonds is 2. The molecule has 2 fully saturated rings. The van der Waals surface area contributed by atoms with E-state index in [1.165, 1.54) is 44.8 Å². The van der Waals surface area contributed by atoms with Crippen LogP contribution in [0, 0.1) is 11.3 Å².